The van der Waals surface area contributed by atoms with Crippen LogP contribution >= 0.6 is 11.6 Å². The Balaban J connectivity index is 2.54. The fraction of sp³-hybridized carbons (Fsp3) is 0.273. The van der Waals surface area contributed by atoms with E-state index in [2.05, 4.69) is 10.1 Å². The van der Waals surface area contributed by atoms with Crippen LogP contribution in [0.1, 0.15) is 11.5 Å². The summed E-state index contributed by atoms with van der Waals surface area (Å²) in [5.74, 6) is 1.54. The van der Waals surface area contributed by atoms with E-state index in [-0.39, 0.29) is 6.54 Å². The third-order valence-corrected chi connectivity index (χ3v) is 2.65. The predicted octanol–water partition coefficient (Wildman–Crippen LogP) is 2.17. The Bertz CT molecular complexity index is 540. The number of methoxy groups -OCH3 is 1. The molecule has 90 valence electrons. The molecule has 0 radical (unpaired) electrons. The number of nitrogens with two attached hydrogens (primary N) is 1. The largest absolute Gasteiger partial charge is 0.496 e. The SMILES string of the molecule is COc1cc(Cl)cc(-c2noc(CN)n2)c1C. The maximum Gasteiger partial charge on any atom is 0.240 e. The molecule has 1 heterocycles. The van der Waals surface area contributed by atoms with Crippen LogP contribution in [0.25, 0.3) is 11.4 Å². The minimum absolute atomic E-state index is 0.212. The zero-order chi connectivity index (χ0) is 12.4. The summed E-state index contributed by atoms with van der Waals surface area (Å²) < 4.78 is 10.2. The van der Waals surface area contributed by atoms with Crippen molar-refractivity contribution in [3.8, 4) is 17.1 Å². The zero-order valence-electron chi connectivity index (χ0n) is 9.53. The van der Waals surface area contributed by atoms with E-state index in [0.29, 0.717) is 22.5 Å². The molecule has 2 aromatic rings. The third kappa shape index (κ3) is 2.25. The standard InChI is InChI=1S/C11H12ClN3O2/c1-6-8(3-7(12)4-9(6)16-2)11-14-10(5-13)17-15-11/h3-4H,5,13H2,1-2H3. The lowest BCUT2D eigenvalue weighted by atomic mass is 10.1. The summed E-state index contributed by atoms with van der Waals surface area (Å²) >= 11 is 6.00. The summed E-state index contributed by atoms with van der Waals surface area (Å²) in [6.45, 7) is 2.12. The molecule has 2 N–H and O–H groups in total. The van der Waals surface area contributed by atoms with Gasteiger partial charge in [0.15, 0.2) is 0 Å². The number of aromatic nitrogens is 2. The van der Waals surface area contributed by atoms with Gasteiger partial charge in [-0.2, -0.15) is 4.98 Å². The molecule has 1 aromatic carbocycles. The molecule has 1 aromatic heterocycles. The van der Waals surface area contributed by atoms with Gasteiger partial charge in [-0.25, -0.2) is 0 Å². The molecule has 2 rings (SSSR count). The highest BCUT2D eigenvalue weighted by atomic mass is 35.5. The maximum absolute atomic E-state index is 6.00. The van der Waals surface area contributed by atoms with Gasteiger partial charge in [0.25, 0.3) is 0 Å². The highest BCUT2D eigenvalue weighted by molar-refractivity contribution is 6.31. The molecule has 0 aliphatic heterocycles. The molecule has 5 nitrogen and oxygen atoms in total. The summed E-state index contributed by atoms with van der Waals surface area (Å²) in [4.78, 5) is 4.16. The van der Waals surface area contributed by atoms with E-state index in [1.54, 1.807) is 19.2 Å². The van der Waals surface area contributed by atoms with E-state index in [1.807, 2.05) is 6.92 Å². The molecule has 0 saturated heterocycles. The molecule has 0 bridgehead atoms. The molecular weight excluding hydrogens is 242 g/mol. The van der Waals surface area contributed by atoms with Crippen LogP contribution in [0, 0.1) is 6.92 Å². The van der Waals surface area contributed by atoms with E-state index < -0.39 is 0 Å². The first-order chi connectivity index (χ1) is 8.15. The van der Waals surface area contributed by atoms with Gasteiger partial charge in [0, 0.05) is 16.1 Å². The number of halogens is 1. The Morgan fingerprint density at radius 3 is 2.82 bits per heavy atom. The minimum Gasteiger partial charge on any atom is -0.496 e. The first-order valence-corrected chi connectivity index (χ1v) is 5.40. The second-order valence-electron chi connectivity index (χ2n) is 3.50. The van der Waals surface area contributed by atoms with Crippen LogP contribution in [0.2, 0.25) is 5.02 Å². The van der Waals surface area contributed by atoms with Crippen LogP contribution in [-0.4, -0.2) is 17.3 Å². The van der Waals surface area contributed by atoms with Crippen LogP contribution in [0.15, 0.2) is 16.7 Å². The predicted molar refractivity (Wildman–Crippen MR) is 63.9 cm³/mol. The van der Waals surface area contributed by atoms with Gasteiger partial charge in [-0.1, -0.05) is 16.8 Å². The van der Waals surface area contributed by atoms with Crippen molar-refractivity contribution in [1.82, 2.24) is 10.1 Å². The summed E-state index contributed by atoms with van der Waals surface area (Å²) in [7, 11) is 1.59. The van der Waals surface area contributed by atoms with Crippen LogP contribution in [0.4, 0.5) is 0 Å². The number of nitrogens with zero attached hydrogens (tertiary/aromatic N) is 2. The Morgan fingerprint density at radius 1 is 1.47 bits per heavy atom. The zero-order valence-corrected chi connectivity index (χ0v) is 10.3. The molecule has 17 heavy (non-hydrogen) atoms. The van der Waals surface area contributed by atoms with Crippen molar-refractivity contribution in [2.45, 2.75) is 13.5 Å². The number of hydrogen-bond donors (Lipinski definition) is 1. The quantitative estimate of drug-likeness (QED) is 0.907. The average molecular weight is 254 g/mol. The van der Waals surface area contributed by atoms with Gasteiger partial charge in [-0.3, -0.25) is 0 Å². The Labute approximate surface area is 104 Å². The van der Waals surface area contributed by atoms with Crippen molar-refractivity contribution in [2.24, 2.45) is 5.73 Å². The van der Waals surface area contributed by atoms with Crippen LogP contribution in [0.3, 0.4) is 0 Å². The maximum atomic E-state index is 6.00. The fourth-order valence-corrected chi connectivity index (χ4v) is 1.75. The normalized spacial score (nSPS) is 10.6. The van der Waals surface area contributed by atoms with Crippen molar-refractivity contribution in [3.05, 3.63) is 28.6 Å². The summed E-state index contributed by atoms with van der Waals surface area (Å²) in [5, 5.41) is 4.41. The number of rotatable bonds is 3. The van der Waals surface area contributed by atoms with Gasteiger partial charge in [0.2, 0.25) is 11.7 Å². The molecule has 0 aliphatic rings. The fourth-order valence-electron chi connectivity index (χ4n) is 1.55. The highest BCUT2D eigenvalue weighted by Crippen LogP contribution is 2.32. The summed E-state index contributed by atoms with van der Waals surface area (Å²) in [6.07, 6.45) is 0. The van der Waals surface area contributed by atoms with E-state index in [0.717, 1.165) is 11.1 Å². The molecule has 0 unspecified atom stereocenters. The highest BCUT2D eigenvalue weighted by Gasteiger charge is 2.14. The first kappa shape index (κ1) is 11.9. The van der Waals surface area contributed by atoms with E-state index in [4.69, 9.17) is 26.6 Å². The summed E-state index contributed by atoms with van der Waals surface area (Å²) in [5.41, 5.74) is 7.10. The van der Waals surface area contributed by atoms with Crippen LogP contribution in [0.5, 0.6) is 5.75 Å². The molecule has 0 spiro atoms. The van der Waals surface area contributed by atoms with E-state index in [1.165, 1.54) is 0 Å². The van der Waals surface area contributed by atoms with Gasteiger partial charge < -0.3 is 15.0 Å². The number of benzene rings is 1. The molecule has 0 fully saturated rings. The lowest BCUT2D eigenvalue weighted by Gasteiger charge is -2.08. The molecule has 6 heteroatoms. The van der Waals surface area contributed by atoms with Crippen LogP contribution in [-0.2, 0) is 6.54 Å². The van der Waals surface area contributed by atoms with Crippen molar-refractivity contribution >= 4 is 11.6 Å². The van der Waals surface area contributed by atoms with Gasteiger partial charge >= 0.3 is 0 Å². The molecule has 0 amide bonds. The number of ether oxygens (including phenoxy) is 1. The van der Waals surface area contributed by atoms with Crippen molar-refractivity contribution < 1.29 is 9.26 Å². The van der Waals surface area contributed by atoms with Crippen molar-refractivity contribution in [1.29, 1.82) is 0 Å². The minimum atomic E-state index is 0.212. The lowest BCUT2D eigenvalue weighted by molar-refractivity contribution is 0.380. The van der Waals surface area contributed by atoms with Gasteiger partial charge in [-0.05, 0) is 19.1 Å². The first-order valence-electron chi connectivity index (χ1n) is 5.03. The monoisotopic (exact) mass is 253 g/mol. The van der Waals surface area contributed by atoms with Gasteiger partial charge in [-0.15, -0.1) is 0 Å². The topological polar surface area (TPSA) is 74.2 Å². The van der Waals surface area contributed by atoms with E-state index in [9.17, 15) is 0 Å². The van der Waals surface area contributed by atoms with E-state index >= 15 is 0 Å². The Kier molecular flexibility index (Phi) is 3.31. The van der Waals surface area contributed by atoms with Crippen molar-refractivity contribution in [3.63, 3.8) is 0 Å². The smallest absolute Gasteiger partial charge is 0.240 e. The molecule has 0 aliphatic carbocycles. The third-order valence-electron chi connectivity index (χ3n) is 2.43. The van der Waals surface area contributed by atoms with Crippen LogP contribution < -0.4 is 10.5 Å². The Morgan fingerprint density at radius 2 is 2.24 bits per heavy atom. The second-order valence-corrected chi connectivity index (χ2v) is 3.93. The molecular formula is C11H12ClN3O2. The van der Waals surface area contributed by atoms with Crippen molar-refractivity contribution in [2.75, 3.05) is 7.11 Å². The van der Waals surface area contributed by atoms with Gasteiger partial charge in [0.05, 0.1) is 13.7 Å². The second kappa shape index (κ2) is 4.73. The van der Waals surface area contributed by atoms with Gasteiger partial charge in [0.1, 0.15) is 5.75 Å². The molecule has 0 atom stereocenters. The summed E-state index contributed by atoms with van der Waals surface area (Å²) in [6, 6.07) is 3.51. The average Bonchev–Trinajstić information content (AvgIpc) is 2.80. The number of hydrogen-bond acceptors (Lipinski definition) is 5. The molecule has 0 saturated carbocycles. The lowest BCUT2D eigenvalue weighted by Crippen LogP contribution is -1.96. The Hall–Kier alpha value is -1.59.